The summed E-state index contributed by atoms with van der Waals surface area (Å²) in [6.07, 6.45) is 0. The molecule has 2 aliphatic carbocycles. The van der Waals surface area contributed by atoms with E-state index in [4.69, 9.17) is 14.4 Å². The average Bonchev–Trinajstić information content (AvgIpc) is 4.03. The highest BCUT2D eigenvalue weighted by Gasteiger charge is 2.52. The summed E-state index contributed by atoms with van der Waals surface area (Å²) < 4.78 is 6.67. The molecule has 2 aliphatic rings. The summed E-state index contributed by atoms with van der Waals surface area (Å²) in [5.41, 5.74) is 20.6. The van der Waals surface area contributed by atoms with Gasteiger partial charge in [-0.3, -0.25) is 0 Å². The summed E-state index contributed by atoms with van der Waals surface area (Å²) in [5.74, 6) is 0.676. The Morgan fingerprint density at radius 1 is 0.318 bits per heavy atom. The Balaban J connectivity index is 1.03. The molecule has 0 N–H and O–H groups in total. The van der Waals surface area contributed by atoms with Crippen molar-refractivity contribution in [3.63, 3.8) is 0 Å². The highest BCUT2D eigenvalue weighted by atomic mass is 16.3. The van der Waals surface area contributed by atoms with Gasteiger partial charge in [0.25, 0.3) is 0 Å². The van der Waals surface area contributed by atoms with Crippen LogP contribution in [-0.4, -0.2) is 9.97 Å². The molecule has 0 atom stereocenters. The molecule has 3 heteroatoms. The van der Waals surface area contributed by atoms with Crippen LogP contribution in [0.3, 0.4) is 0 Å². The summed E-state index contributed by atoms with van der Waals surface area (Å²) in [6.45, 7) is 0. The molecule has 2 heterocycles. The van der Waals surface area contributed by atoms with Gasteiger partial charge in [0.1, 0.15) is 11.2 Å². The van der Waals surface area contributed by atoms with E-state index in [0.717, 1.165) is 72.3 Å². The Labute approximate surface area is 382 Å². The van der Waals surface area contributed by atoms with Gasteiger partial charge >= 0.3 is 0 Å². The zero-order chi connectivity index (χ0) is 43.3. The van der Waals surface area contributed by atoms with Gasteiger partial charge in [-0.2, -0.15) is 0 Å². The van der Waals surface area contributed by atoms with Gasteiger partial charge in [-0.15, -0.1) is 0 Å². The van der Waals surface area contributed by atoms with E-state index in [-0.39, 0.29) is 0 Å². The van der Waals surface area contributed by atoms with Crippen molar-refractivity contribution in [2.45, 2.75) is 5.41 Å². The number of nitrogens with zero attached hydrogens (tertiary/aromatic N) is 2. The molecule has 0 bridgehead atoms. The largest absolute Gasteiger partial charge is 0.455 e. The van der Waals surface area contributed by atoms with E-state index in [1.54, 1.807) is 0 Å². The highest BCUT2D eigenvalue weighted by molar-refractivity contribution is 6.10. The van der Waals surface area contributed by atoms with Crippen molar-refractivity contribution >= 4 is 32.7 Å². The monoisotopic (exact) mass is 838 g/mol. The first-order chi connectivity index (χ1) is 32.7. The van der Waals surface area contributed by atoms with E-state index in [1.165, 1.54) is 55.3 Å². The van der Waals surface area contributed by atoms with Gasteiger partial charge in [0, 0.05) is 33.0 Å². The predicted octanol–water partition coefficient (Wildman–Crippen LogP) is 16.2. The first-order valence-corrected chi connectivity index (χ1v) is 22.6. The van der Waals surface area contributed by atoms with E-state index in [9.17, 15) is 0 Å². The number of fused-ring (bicyclic) bond motifs is 14. The minimum absolute atomic E-state index is 0.464. The zero-order valence-electron chi connectivity index (χ0n) is 35.7. The lowest BCUT2D eigenvalue weighted by Gasteiger charge is -2.30. The van der Waals surface area contributed by atoms with Crippen molar-refractivity contribution in [1.82, 2.24) is 9.97 Å². The maximum absolute atomic E-state index is 6.67. The van der Waals surface area contributed by atoms with E-state index in [1.807, 2.05) is 18.2 Å². The normalized spacial score (nSPS) is 13.0. The Hall–Kier alpha value is -8.66. The van der Waals surface area contributed by atoms with Gasteiger partial charge in [0.15, 0.2) is 5.82 Å². The van der Waals surface area contributed by atoms with Gasteiger partial charge in [0.05, 0.1) is 16.8 Å². The van der Waals surface area contributed by atoms with Crippen LogP contribution < -0.4 is 0 Å². The van der Waals surface area contributed by atoms with Crippen LogP contribution >= 0.6 is 0 Å². The van der Waals surface area contributed by atoms with Gasteiger partial charge in [-0.25, -0.2) is 9.97 Å². The van der Waals surface area contributed by atoms with Crippen molar-refractivity contribution in [2.75, 3.05) is 0 Å². The van der Waals surface area contributed by atoms with Gasteiger partial charge in [0.2, 0.25) is 0 Å². The summed E-state index contributed by atoms with van der Waals surface area (Å²) in [4.78, 5) is 10.9. The lowest BCUT2D eigenvalue weighted by Crippen LogP contribution is -2.25. The summed E-state index contributed by atoms with van der Waals surface area (Å²) in [6, 6.07) is 83.3. The topological polar surface area (TPSA) is 38.9 Å². The van der Waals surface area contributed by atoms with E-state index in [0.29, 0.717) is 5.82 Å². The third-order valence-corrected chi connectivity index (χ3v) is 14.1. The lowest BCUT2D eigenvalue weighted by atomic mass is 9.70. The van der Waals surface area contributed by atoms with E-state index < -0.39 is 5.41 Å². The van der Waals surface area contributed by atoms with Crippen LogP contribution in [-0.2, 0) is 5.41 Å². The van der Waals surface area contributed by atoms with Crippen LogP contribution in [0.4, 0.5) is 0 Å². The molecule has 306 valence electrons. The van der Waals surface area contributed by atoms with Crippen LogP contribution in [0.1, 0.15) is 22.3 Å². The quantitative estimate of drug-likeness (QED) is 0.173. The second kappa shape index (κ2) is 14.2. The third kappa shape index (κ3) is 5.32. The molecule has 0 aliphatic heterocycles. The van der Waals surface area contributed by atoms with Crippen LogP contribution in [0.25, 0.3) is 111 Å². The Bertz CT molecular complexity index is 3910. The van der Waals surface area contributed by atoms with Crippen molar-refractivity contribution in [2.24, 2.45) is 0 Å². The number of hydrogen-bond acceptors (Lipinski definition) is 3. The molecule has 0 saturated carbocycles. The molecule has 66 heavy (non-hydrogen) atoms. The molecule has 0 amide bonds. The SMILES string of the molecule is c1ccc(-c2nc(-c3cc(-c4ccc5ccccc5c4)cc(-c4cccc5c4oc4ccccc45)c3)cc(-c3cccc4c3-c3ccccc3C43c4ccccc4-c4ccccc43)n2)cc1. The average molecular weight is 839 g/mol. The van der Waals surface area contributed by atoms with Crippen molar-refractivity contribution in [3.05, 3.63) is 253 Å². The molecule has 0 radical (unpaired) electrons. The minimum atomic E-state index is -0.464. The van der Waals surface area contributed by atoms with Crippen molar-refractivity contribution in [1.29, 1.82) is 0 Å². The molecule has 14 rings (SSSR count). The molecule has 3 nitrogen and oxygen atoms in total. The summed E-state index contributed by atoms with van der Waals surface area (Å²) in [7, 11) is 0. The molecule has 0 saturated heterocycles. The molecule has 1 spiro atoms. The van der Waals surface area contributed by atoms with Gasteiger partial charge in [-0.1, -0.05) is 194 Å². The summed E-state index contributed by atoms with van der Waals surface area (Å²) >= 11 is 0. The molecular weight excluding hydrogens is 801 g/mol. The Morgan fingerprint density at radius 3 is 1.71 bits per heavy atom. The number of aromatic nitrogens is 2. The number of furan rings is 1. The first kappa shape index (κ1) is 36.8. The number of rotatable bonds is 5. The summed E-state index contributed by atoms with van der Waals surface area (Å²) in [5, 5.41) is 4.61. The molecular formula is C63H38N2O. The Kier molecular flexibility index (Phi) is 7.90. The first-order valence-electron chi connectivity index (χ1n) is 22.6. The number of hydrogen-bond donors (Lipinski definition) is 0. The smallest absolute Gasteiger partial charge is 0.160 e. The fourth-order valence-electron chi connectivity index (χ4n) is 11.2. The minimum Gasteiger partial charge on any atom is -0.455 e. The molecule has 10 aromatic carbocycles. The molecule has 2 aromatic heterocycles. The van der Waals surface area contributed by atoms with Crippen LogP contribution in [0.15, 0.2) is 235 Å². The fourth-order valence-corrected chi connectivity index (χ4v) is 11.2. The Morgan fingerprint density at radius 2 is 0.894 bits per heavy atom. The van der Waals surface area contributed by atoms with E-state index >= 15 is 0 Å². The number of benzene rings is 10. The fraction of sp³-hybridized carbons (Fsp3) is 0.0159. The zero-order valence-corrected chi connectivity index (χ0v) is 35.7. The van der Waals surface area contributed by atoms with Crippen LogP contribution in [0.2, 0.25) is 0 Å². The number of para-hydroxylation sites is 2. The standard InChI is InChI=1S/C63H38N2O/c1-2-17-40(18-3-1)62-64-57(38-58(65-62)52-26-15-30-56-60(52)51-23-8-12-29-55(51)63(56)53-27-10-6-20-47(53)48-21-7-11-28-54(48)63)45-36-43(42-33-32-39-16-4-5-19-41(39)34-42)35-44(37-45)46-24-14-25-50-49-22-9-13-31-59(49)66-61(46)50/h1-38H. The maximum Gasteiger partial charge on any atom is 0.160 e. The molecule has 0 fully saturated rings. The van der Waals surface area contributed by atoms with Crippen LogP contribution in [0.5, 0.6) is 0 Å². The molecule has 0 unspecified atom stereocenters. The van der Waals surface area contributed by atoms with Crippen molar-refractivity contribution in [3.8, 4) is 78.4 Å². The maximum atomic E-state index is 6.67. The predicted molar refractivity (Wildman–Crippen MR) is 270 cm³/mol. The van der Waals surface area contributed by atoms with Crippen molar-refractivity contribution < 1.29 is 4.42 Å². The van der Waals surface area contributed by atoms with Gasteiger partial charge in [-0.05, 0) is 108 Å². The van der Waals surface area contributed by atoms with E-state index in [2.05, 4.69) is 212 Å². The third-order valence-electron chi connectivity index (χ3n) is 14.1. The molecule has 12 aromatic rings. The highest BCUT2D eigenvalue weighted by Crippen LogP contribution is 2.64. The second-order valence-electron chi connectivity index (χ2n) is 17.6. The second-order valence-corrected chi connectivity index (χ2v) is 17.6. The van der Waals surface area contributed by atoms with Crippen LogP contribution in [0, 0.1) is 0 Å². The van der Waals surface area contributed by atoms with Gasteiger partial charge < -0.3 is 4.42 Å². The lowest BCUT2D eigenvalue weighted by molar-refractivity contribution is 0.670.